The van der Waals surface area contributed by atoms with Crippen LogP contribution in [0, 0.1) is 0 Å². The molecule has 49 heavy (non-hydrogen) atoms. The van der Waals surface area contributed by atoms with Crippen LogP contribution >= 0.6 is 0 Å². The molecule has 0 aliphatic carbocycles. The zero-order valence-corrected chi connectivity index (χ0v) is 27.3. The van der Waals surface area contributed by atoms with Gasteiger partial charge < -0.3 is 9.13 Å². The lowest BCUT2D eigenvalue weighted by atomic mass is 9.99. The van der Waals surface area contributed by atoms with Gasteiger partial charge in [-0.3, -0.25) is 0 Å². The van der Waals surface area contributed by atoms with Gasteiger partial charge in [-0.1, -0.05) is 128 Å². The second-order valence-corrected chi connectivity index (χ2v) is 12.6. The summed E-state index contributed by atoms with van der Waals surface area (Å²) >= 11 is 0. The molecule has 2 heterocycles. The van der Waals surface area contributed by atoms with Crippen molar-refractivity contribution in [3.8, 4) is 16.8 Å². The molecular weight excluding hydrogens is 593 g/mol. The summed E-state index contributed by atoms with van der Waals surface area (Å²) in [5, 5.41) is 7.43. The van der Waals surface area contributed by atoms with E-state index in [1.54, 1.807) is 0 Å². The lowest BCUT2D eigenvalue weighted by molar-refractivity contribution is 1.18. The largest absolute Gasteiger partial charge is 0.310 e. The number of nitrogens with zero attached hydrogens (tertiary/aromatic N) is 2. The summed E-state index contributed by atoms with van der Waals surface area (Å²) in [5.74, 6) is 0. The minimum atomic E-state index is 0.989. The minimum absolute atomic E-state index is 0.989. The molecule has 0 saturated heterocycles. The van der Waals surface area contributed by atoms with Crippen LogP contribution in [0.2, 0.25) is 0 Å². The molecule has 0 N–H and O–H groups in total. The highest BCUT2D eigenvalue weighted by Crippen LogP contribution is 2.38. The fourth-order valence-electron chi connectivity index (χ4n) is 7.52. The molecule has 0 spiro atoms. The summed E-state index contributed by atoms with van der Waals surface area (Å²) in [6.45, 7) is 6.57. The number of fused-ring (bicyclic) bond motifs is 7. The Morgan fingerprint density at radius 3 is 1.80 bits per heavy atom. The van der Waals surface area contributed by atoms with Crippen LogP contribution < -0.4 is 0 Å². The van der Waals surface area contributed by atoms with E-state index in [1.165, 1.54) is 71.2 Å². The lowest BCUT2D eigenvalue weighted by Crippen LogP contribution is -1.94. The third-order valence-corrected chi connectivity index (χ3v) is 9.84. The monoisotopic (exact) mass is 626 g/mol. The molecule has 9 aromatic rings. The van der Waals surface area contributed by atoms with Crippen molar-refractivity contribution < 1.29 is 0 Å². The summed E-state index contributed by atoms with van der Waals surface area (Å²) in [5.41, 5.74) is 11.6. The van der Waals surface area contributed by atoms with Crippen molar-refractivity contribution in [3.63, 3.8) is 0 Å². The quantitative estimate of drug-likeness (QED) is 0.163. The average Bonchev–Trinajstić information content (AvgIpc) is 3.67. The number of allylic oxidation sites excluding steroid dienone is 5. The highest BCUT2D eigenvalue weighted by Gasteiger charge is 2.16. The molecule has 0 fully saturated rings. The van der Waals surface area contributed by atoms with E-state index >= 15 is 0 Å². The topological polar surface area (TPSA) is 9.86 Å². The van der Waals surface area contributed by atoms with E-state index in [0.29, 0.717) is 0 Å². The maximum absolute atomic E-state index is 4.47. The number of rotatable bonds is 6. The maximum Gasteiger partial charge on any atom is 0.0541 e. The third kappa shape index (κ3) is 4.72. The number of benzene rings is 7. The molecule has 0 bridgehead atoms. The van der Waals surface area contributed by atoms with Gasteiger partial charge in [0.2, 0.25) is 0 Å². The van der Waals surface area contributed by atoms with Crippen LogP contribution in [0.5, 0.6) is 0 Å². The van der Waals surface area contributed by atoms with Crippen molar-refractivity contribution in [2.24, 2.45) is 0 Å². The van der Waals surface area contributed by atoms with Gasteiger partial charge >= 0.3 is 0 Å². The molecule has 0 amide bonds. The van der Waals surface area contributed by atoms with E-state index in [2.05, 4.69) is 199 Å². The summed E-state index contributed by atoms with van der Waals surface area (Å²) in [6.07, 6.45) is 6.52. The third-order valence-electron chi connectivity index (χ3n) is 9.84. The van der Waals surface area contributed by atoms with Gasteiger partial charge in [0.15, 0.2) is 0 Å². The molecular formula is C47H34N2. The van der Waals surface area contributed by atoms with Gasteiger partial charge in [-0.2, -0.15) is 0 Å². The predicted molar refractivity (Wildman–Crippen MR) is 211 cm³/mol. The second kappa shape index (κ2) is 11.7. The Balaban J connectivity index is 1.15. The second-order valence-electron chi connectivity index (χ2n) is 12.6. The Labute approximate surface area is 285 Å². The number of aromatic nitrogens is 2. The van der Waals surface area contributed by atoms with Crippen molar-refractivity contribution in [2.45, 2.75) is 6.92 Å². The summed E-state index contributed by atoms with van der Waals surface area (Å²) < 4.78 is 4.74. The van der Waals surface area contributed by atoms with Crippen LogP contribution in [-0.4, -0.2) is 9.13 Å². The lowest BCUT2D eigenvalue weighted by Gasteiger charge is -2.11. The van der Waals surface area contributed by atoms with Gasteiger partial charge in [0, 0.05) is 32.9 Å². The fraction of sp³-hybridized carbons (Fsp3) is 0.0213. The molecule has 232 valence electrons. The number of para-hydroxylation sites is 3. The van der Waals surface area contributed by atoms with Gasteiger partial charge in [0.1, 0.15) is 0 Å². The standard InChI is InChI=1S/C47H34N2/c1-3-36(27-24-32(2)38-21-13-15-33-14-7-8-18-39(33)38)48-44-22-11-9-19-40(44)42-30-34(25-28-46(42)48)35-26-29-47-43(31-35)41-20-10-12-23-45(41)49(47)37-16-5-4-6-17-37/h3-31H,2H2,1H3/b27-24-,36-3+. The normalized spacial score (nSPS) is 12.3. The van der Waals surface area contributed by atoms with Crippen molar-refractivity contribution >= 4 is 65.7 Å². The van der Waals surface area contributed by atoms with Crippen molar-refractivity contribution in [1.29, 1.82) is 0 Å². The summed E-state index contributed by atoms with van der Waals surface area (Å²) in [7, 11) is 0. The zero-order valence-electron chi connectivity index (χ0n) is 27.3. The molecule has 2 heteroatoms. The average molecular weight is 627 g/mol. The fourth-order valence-corrected chi connectivity index (χ4v) is 7.52. The molecule has 0 unspecified atom stereocenters. The van der Waals surface area contributed by atoms with E-state index in [-0.39, 0.29) is 0 Å². The molecule has 2 aromatic heterocycles. The SMILES string of the molecule is C=C(/C=C\C(=C/C)n1c2ccccc2c2cc(-c3ccc4c(c3)c3ccccc3n4-c3ccccc3)ccc21)c1cccc2ccccc12. The first-order valence-electron chi connectivity index (χ1n) is 16.8. The Morgan fingerprint density at radius 2 is 1.04 bits per heavy atom. The smallest absolute Gasteiger partial charge is 0.0541 e. The first-order valence-corrected chi connectivity index (χ1v) is 16.8. The van der Waals surface area contributed by atoms with Crippen molar-refractivity contribution in [2.75, 3.05) is 0 Å². The van der Waals surface area contributed by atoms with Crippen LogP contribution in [-0.2, 0) is 0 Å². The van der Waals surface area contributed by atoms with Gasteiger partial charge in [-0.25, -0.2) is 0 Å². The van der Waals surface area contributed by atoms with Crippen LogP contribution in [0.1, 0.15) is 12.5 Å². The summed E-state index contributed by atoms with van der Waals surface area (Å²) in [6, 6.07) is 56.8. The highest BCUT2D eigenvalue weighted by molar-refractivity contribution is 6.13. The van der Waals surface area contributed by atoms with Gasteiger partial charge in [0.25, 0.3) is 0 Å². The van der Waals surface area contributed by atoms with E-state index in [0.717, 1.165) is 16.8 Å². The van der Waals surface area contributed by atoms with Crippen LogP contribution in [0.3, 0.4) is 0 Å². The van der Waals surface area contributed by atoms with E-state index < -0.39 is 0 Å². The molecule has 7 aromatic carbocycles. The van der Waals surface area contributed by atoms with Crippen LogP contribution in [0.4, 0.5) is 0 Å². The maximum atomic E-state index is 4.47. The number of hydrogen-bond acceptors (Lipinski definition) is 0. The van der Waals surface area contributed by atoms with Gasteiger partial charge in [0.05, 0.1) is 22.1 Å². The highest BCUT2D eigenvalue weighted by atomic mass is 15.0. The Bertz CT molecular complexity index is 2780. The molecule has 0 aliphatic heterocycles. The van der Waals surface area contributed by atoms with Crippen LogP contribution in [0.15, 0.2) is 183 Å². The Morgan fingerprint density at radius 1 is 0.490 bits per heavy atom. The number of hydrogen-bond donors (Lipinski definition) is 0. The zero-order chi connectivity index (χ0) is 32.9. The molecule has 0 atom stereocenters. The first kappa shape index (κ1) is 28.8. The van der Waals surface area contributed by atoms with Crippen molar-refractivity contribution in [3.05, 3.63) is 188 Å². The first-order chi connectivity index (χ1) is 24.2. The molecule has 0 saturated carbocycles. The molecule has 0 aliphatic rings. The van der Waals surface area contributed by atoms with Gasteiger partial charge in [-0.05, 0) is 94.6 Å². The van der Waals surface area contributed by atoms with Crippen LogP contribution in [0.25, 0.3) is 82.5 Å². The Kier molecular flexibility index (Phi) is 6.88. The Hall–Kier alpha value is -6.38. The van der Waals surface area contributed by atoms with E-state index in [4.69, 9.17) is 0 Å². The van der Waals surface area contributed by atoms with E-state index in [1.807, 2.05) is 0 Å². The molecule has 0 radical (unpaired) electrons. The summed E-state index contributed by atoms with van der Waals surface area (Å²) in [4.78, 5) is 0. The molecule has 2 nitrogen and oxygen atoms in total. The van der Waals surface area contributed by atoms with E-state index in [9.17, 15) is 0 Å². The molecule has 9 rings (SSSR count). The predicted octanol–water partition coefficient (Wildman–Crippen LogP) is 12.8. The van der Waals surface area contributed by atoms with Gasteiger partial charge in [-0.15, -0.1) is 0 Å². The minimum Gasteiger partial charge on any atom is -0.310 e. The van der Waals surface area contributed by atoms with Crippen molar-refractivity contribution in [1.82, 2.24) is 9.13 Å².